The van der Waals surface area contributed by atoms with E-state index >= 15 is 0 Å². The first-order chi connectivity index (χ1) is 13.2. The zero-order valence-electron chi connectivity index (χ0n) is 15.3. The summed E-state index contributed by atoms with van der Waals surface area (Å²) in [4.78, 5) is 12.2. The van der Waals surface area contributed by atoms with Crippen molar-refractivity contribution >= 4 is 11.7 Å². The van der Waals surface area contributed by atoms with Gasteiger partial charge in [0.05, 0.1) is 13.5 Å². The molecule has 0 atom stereocenters. The number of hydrogen-bond acceptors (Lipinski definition) is 3. The zero-order valence-corrected chi connectivity index (χ0v) is 15.3. The number of benzene rings is 2. The second kappa shape index (κ2) is 7.66. The maximum absolute atomic E-state index is 12.2. The van der Waals surface area contributed by atoms with E-state index in [-0.39, 0.29) is 5.91 Å². The lowest BCUT2D eigenvalue weighted by molar-refractivity contribution is -0.115. The largest absolute Gasteiger partial charge is 0.496 e. The number of carbonyl (C=O) groups is 1. The molecule has 5 nitrogen and oxygen atoms in total. The smallest absolute Gasteiger partial charge is 0.229 e. The normalized spacial score (nSPS) is 18.6. The molecule has 1 heterocycles. The van der Waals surface area contributed by atoms with E-state index in [4.69, 9.17) is 4.74 Å². The van der Waals surface area contributed by atoms with Crippen molar-refractivity contribution in [2.75, 3.05) is 12.4 Å². The average Bonchev–Trinajstić information content (AvgIpc) is 3.09. The summed E-state index contributed by atoms with van der Waals surface area (Å²) in [5.41, 5.74) is 3.34. The third kappa shape index (κ3) is 3.87. The Morgan fingerprint density at radius 1 is 1.11 bits per heavy atom. The summed E-state index contributed by atoms with van der Waals surface area (Å²) in [5, 5.41) is 10.2. The van der Waals surface area contributed by atoms with E-state index in [2.05, 4.69) is 27.6 Å². The molecule has 1 aliphatic carbocycles. The van der Waals surface area contributed by atoms with Crippen molar-refractivity contribution < 1.29 is 9.53 Å². The first-order valence-electron chi connectivity index (χ1n) is 9.25. The fourth-order valence-electron chi connectivity index (χ4n) is 3.71. The van der Waals surface area contributed by atoms with Crippen LogP contribution in [0, 0.1) is 0 Å². The van der Waals surface area contributed by atoms with Crippen molar-refractivity contribution in [2.24, 2.45) is 0 Å². The van der Waals surface area contributed by atoms with Gasteiger partial charge in [-0.05, 0) is 36.0 Å². The highest BCUT2D eigenvalue weighted by molar-refractivity contribution is 5.91. The van der Waals surface area contributed by atoms with Crippen LogP contribution >= 0.6 is 0 Å². The lowest BCUT2D eigenvalue weighted by atomic mass is 9.70. The van der Waals surface area contributed by atoms with E-state index in [1.54, 1.807) is 7.11 Å². The highest BCUT2D eigenvalue weighted by atomic mass is 16.5. The van der Waals surface area contributed by atoms with Gasteiger partial charge in [-0.3, -0.25) is 9.89 Å². The van der Waals surface area contributed by atoms with Crippen LogP contribution in [0.5, 0.6) is 5.75 Å². The van der Waals surface area contributed by atoms with Crippen LogP contribution in [-0.4, -0.2) is 23.2 Å². The molecule has 0 aliphatic heterocycles. The molecule has 3 aromatic rings. The van der Waals surface area contributed by atoms with Crippen LogP contribution in [0.2, 0.25) is 0 Å². The lowest BCUT2D eigenvalue weighted by Gasteiger charge is -2.35. The van der Waals surface area contributed by atoms with Crippen LogP contribution in [-0.2, 0) is 11.2 Å². The van der Waals surface area contributed by atoms with Crippen molar-refractivity contribution in [3.8, 4) is 5.75 Å². The minimum absolute atomic E-state index is 0.0558. The summed E-state index contributed by atoms with van der Waals surface area (Å²) >= 11 is 0. The van der Waals surface area contributed by atoms with Gasteiger partial charge in [-0.1, -0.05) is 48.5 Å². The Morgan fingerprint density at radius 3 is 2.63 bits per heavy atom. The van der Waals surface area contributed by atoms with Gasteiger partial charge in [-0.15, -0.1) is 0 Å². The number of rotatable bonds is 6. The number of aromatic nitrogens is 2. The number of ether oxygens (including phenoxy) is 1. The number of amides is 1. The maximum atomic E-state index is 12.2. The first kappa shape index (κ1) is 17.3. The number of H-pyrrole nitrogens is 1. The summed E-state index contributed by atoms with van der Waals surface area (Å²) in [5.74, 6) is 2.43. The minimum Gasteiger partial charge on any atom is -0.496 e. The Kier molecular flexibility index (Phi) is 4.92. The lowest BCUT2D eigenvalue weighted by Crippen LogP contribution is -2.21. The van der Waals surface area contributed by atoms with Gasteiger partial charge in [0.1, 0.15) is 5.75 Å². The monoisotopic (exact) mass is 361 g/mol. The highest BCUT2D eigenvalue weighted by Gasteiger charge is 2.34. The second-order valence-corrected chi connectivity index (χ2v) is 7.03. The van der Waals surface area contributed by atoms with Gasteiger partial charge in [0.15, 0.2) is 5.82 Å². The zero-order chi connectivity index (χ0) is 18.6. The first-order valence-corrected chi connectivity index (χ1v) is 9.25. The molecule has 2 N–H and O–H groups in total. The molecule has 1 aromatic heterocycles. The number of hydrogen-bond donors (Lipinski definition) is 2. The number of para-hydroxylation sites is 1. The van der Waals surface area contributed by atoms with E-state index in [0.717, 1.165) is 29.8 Å². The Hall–Kier alpha value is -3.08. The molecule has 27 heavy (non-hydrogen) atoms. The molecule has 1 aliphatic rings. The van der Waals surface area contributed by atoms with E-state index in [9.17, 15) is 4.79 Å². The summed E-state index contributed by atoms with van der Waals surface area (Å²) in [6.45, 7) is 0. The Morgan fingerprint density at radius 2 is 1.85 bits per heavy atom. The number of anilines is 1. The number of nitrogens with one attached hydrogen (secondary N) is 2. The SMILES string of the molecule is COc1ccccc1C1CC(c2cc(NC(=O)Cc3ccccc3)n[nH]2)C1. The molecule has 0 bridgehead atoms. The van der Waals surface area contributed by atoms with Gasteiger partial charge in [-0.2, -0.15) is 5.10 Å². The minimum atomic E-state index is -0.0558. The number of carbonyl (C=O) groups excluding carboxylic acids is 1. The molecule has 0 spiro atoms. The van der Waals surface area contributed by atoms with Crippen LogP contribution in [0.1, 0.15) is 41.5 Å². The molecular formula is C22H23N3O2. The molecule has 5 heteroatoms. The molecule has 4 rings (SSSR count). The number of methoxy groups -OCH3 is 1. The van der Waals surface area contributed by atoms with Crippen molar-refractivity contribution in [3.05, 3.63) is 77.5 Å². The standard InChI is InChI=1S/C22H23N3O2/c1-27-20-10-6-5-9-18(20)16-12-17(13-16)19-14-21(25-24-19)23-22(26)11-15-7-3-2-4-8-15/h2-10,14,16-17H,11-13H2,1H3,(H2,23,24,25,26). The topological polar surface area (TPSA) is 67.0 Å². The number of aromatic amines is 1. The van der Waals surface area contributed by atoms with Gasteiger partial charge in [0.25, 0.3) is 0 Å². The predicted octanol–water partition coefficient (Wildman–Crippen LogP) is 4.26. The fourth-order valence-corrected chi connectivity index (χ4v) is 3.71. The van der Waals surface area contributed by atoms with E-state index in [0.29, 0.717) is 24.1 Å². The van der Waals surface area contributed by atoms with Crippen LogP contribution in [0.25, 0.3) is 0 Å². The predicted molar refractivity (Wildman–Crippen MR) is 105 cm³/mol. The molecule has 0 saturated heterocycles. The molecule has 0 radical (unpaired) electrons. The van der Waals surface area contributed by atoms with E-state index < -0.39 is 0 Å². The van der Waals surface area contributed by atoms with E-state index in [1.165, 1.54) is 5.56 Å². The van der Waals surface area contributed by atoms with Crippen molar-refractivity contribution in [2.45, 2.75) is 31.1 Å². The van der Waals surface area contributed by atoms with Crippen LogP contribution in [0.15, 0.2) is 60.7 Å². The second-order valence-electron chi connectivity index (χ2n) is 7.03. The summed E-state index contributed by atoms with van der Waals surface area (Å²) in [7, 11) is 1.72. The summed E-state index contributed by atoms with van der Waals surface area (Å²) in [6.07, 6.45) is 2.46. The van der Waals surface area contributed by atoms with Gasteiger partial charge in [-0.25, -0.2) is 0 Å². The quantitative estimate of drug-likeness (QED) is 0.689. The number of nitrogens with zero attached hydrogens (tertiary/aromatic N) is 1. The van der Waals surface area contributed by atoms with Crippen molar-refractivity contribution in [1.29, 1.82) is 0 Å². The van der Waals surface area contributed by atoms with Crippen molar-refractivity contribution in [1.82, 2.24) is 10.2 Å². The fraction of sp³-hybridized carbons (Fsp3) is 0.273. The molecule has 1 fully saturated rings. The average molecular weight is 361 g/mol. The van der Waals surface area contributed by atoms with Gasteiger partial charge in [0, 0.05) is 17.7 Å². The molecular weight excluding hydrogens is 338 g/mol. The third-order valence-corrected chi connectivity index (χ3v) is 5.23. The summed E-state index contributed by atoms with van der Waals surface area (Å²) < 4.78 is 5.47. The van der Waals surface area contributed by atoms with Gasteiger partial charge in [0.2, 0.25) is 5.91 Å². The van der Waals surface area contributed by atoms with Crippen LogP contribution < -0.4 is 10.1 Å². The Labute approximate surface area is 158 Å². The van der Waals surface area contributed by atoms with Crippen molar-refractivity contribution in [3.63, 3.8) is 0 Å². The Balaban J connectivity index is 1.33. The van der Waals surface area contributed by atoms with Gasteiger partial charge >= 0.3 is 0 Å². The molecule has 138 valence electrons. The van der Waals surface area contributed by atoms with Gasteiger partial charge < -0.3 is 10.1 Å². The molecule has 0 unspecified atom stereocenters. The third-order valence-electron chi connectivity index (χ3n) is 5.23. The van der Waals surface area contributed by atoms with E-state index in [1.807, 2.05) is 48.5 Å². The van der Waals surface area contributed by atoms with Crippen LogP contribution in [0.3, 0.4) is 0 Å². The van der Waals surface area contributed by atoms with Crippen LogP contribution in [0.4, 0.5) is 5.82 Å². The highest BCUT2D eigenvalue weighted by Crippen LogP contribution is 2.49. The maximum Gasteiger partial charge on any atom is 0.229 e. The molecule has 2 aromatic carbocycles. The Bertz CT molecular complexity index is 914. The summed E-state index contributed by atoms with van der Waals surface area (Å²) in [6, 6.07) is 19.9. The molecule has 1 amide bonds. The molecule has 1 saturated carbocycles.